The van der Waals surface area contributed by atoms with Crippen LogP contribution >= 0.6 is 11.6 Å². The molecule has 1 aromatic heterocycles. The van der Waals surface area contributed by atoms with E-state index in [9.17, 15) is 19.5 Å². The number of nitrogens with zero attached hydrogens (tertiary/aromatic N) is 2. The monoisotopic (exact) mass is 533 g/mol. The molecule has 196 valence electrons. The lowest BCUT2D eigenvalue weighted by molar-refractivity contribution is -0.146. The lowest BCUT2D eigenvalue weighted by Gasteiger charge is -2.48. The molecule has 4 unspecified atom stereocenters. The fourth-order valence-electron chi connectivity index (χ4n) is 5.67. The molecule has 2 amide bonds. The van der Waals surface area contributed by atoms with Crippen molar-refractivity contribution in [1.29, 1.82) is 0 Å². The minimum atomic E-state index is -0.934. The molecule has 9 heteroatoms. The van der Waals surface area contributed by atoms with Crippen molar-refractivity contribution in [1.82, 2.24) is 15.4 Å². The van der Waals surface area contributed by atoms with Gasteiger partial charge in [0.2, 0.25) is 0 Å². The molecule has 1 aliphatic heterocycles. The first-order valence-corrected chi connectivity index (χ1v) is 13.0. The molecule has 1 saturated carbocycles. The fraction of sp³-hybridized carbons (Fsp3) is 0.310. The maximum Gasteiger partial charge on any atom is 0.308 e. The number of hydroxylamine groups is 1. The zero-order valence-electron chi connectivity index (χ0n) is 20.6. The zero-order chi connectivity index (χ0) is 26.6. The van der Waals surface area contributed by atoms with Gasteiger partial charge in [-0.2, -0.15) is 0 Å². The van der Waals surface area contributed by atoms with Crippen molar-refractivity contribution in [2.75, 3.05) is 0 Å². The van der Waals surface area contributed by atoms with Gasteiger partial charge in [0, 0.05) is 22.8 Å². The van der Waals surface area contributed by atoms with Crippen molar-refractivity contribution < 1.29 is 24.3 Å². The number of carboxylic acid groups (broad SMARTS) is 1. The number of aliphatic carboxylic acids is 1. The summed E-state index contributed by atoms with van der Waals surface area (Å²) in [6.45, 7) is 0.0684. The van der Waals surface area contributed by atoms with Crippen molar-refractivity contribution in [3.05, 3.63) is 100 Å². The minimum absolute atomic E-state index is 0.0684. The van der Waals surface area contributed by atoms with Crippen molar-refractivity contribution in [2.24, 2.45) is 5.92 Å². The molecule has 1 aliphatic carbocycles. The third-order valence-corrected chi connectivity index (χ3v) is 7.65. The molecule has 5 rings (SSSR count). The molecule has 2 aliphatic rings. The van der Waals surface area contributed by atoms with Crippen LogP contribution in [0.3, 0.4) is 0 Å². The number of halogens is 1. The summed E-state index contributed by atoms with van der Waals surface area (Å²) in [4.78, 5) is 51.5. The number of hydrogen-bond donors (Lipinski definition) is 2. The number of pyridine rings is 1. The molecular formula is C29H28ClN3O5. The van der Waals surface area contributed by atoms with Crippen molar-refractivity contribution >= 4 is 29.4 Å². The number of carbonyl (C=O) groups is 3. The number of fused-ring (bicyclic) bond motifs is 1. The fourth-order valence-corrected chi connectivity index (χ4v) is 5.80. The highest BCUT2D eigenvalue weighted by Crippen LogP contribution is 2.47. The predicted octanol–water partition coefficient (Wildman–Crippen LogP) is 4.91. The number of aromatic nitrogens is 1. The van der Waals surface area contributed by atoms with Crippen LogP contribution in [0.15, 0.2) is 72.9 Å². The van der Waals surface area contributed by atoms with Gasteiger partial charge in [0.1, 0.15) is 6.61 Å². The zero-order valence-corrected chi connectivity index (χ0v) is 21.4. The summed E-state index contributed by atoms with van der Waals surface area (Å²) in [5, 5.41) is 10.6. The Morgan fingerprint density at radius 1 is 1.03 bits per heavy atom. The van der Waals surface area contributed by atoms with E-state index in [2.05, 4.69) is 10.5 Å². The summed E-state index contributed by atoms with van der Waals surface area (Å²) in [6.07, 6.45) is 4.24. The van der Waals surface area contributed by atoms with E-state index in [4.69, 9.17) is 16.4 Å². The smallest absolute Gasteiger partial charge is 0.308 e. The average molecular weight is 534 g/mol. The van der Waals surface area contributed by atoms with Gasteiger partial charge < -0.3 is 10.0 Å². The molecule has 4 atom stereocenters. The maximum atomic E-state index is 14.0. The quantitative estimate of drug-likeness (QED) is 0.418. The van der Waals surface area contributed by atoms with Crippen molar-refractivity contribution in [3.8, 4) is 0 Å². The number of carbonyl (C=O) groups excluding carboxylic acids is 2. The van der Waals surface area contributed by atoms with Crippen LogP contribution in [-0.4, -0.2) is 38.8 Å². The third kappa shape index (κ3) is 5.14. The van der Waals surface area contributed by atoms with Crippen LogP contribution in [0.2, 0.25) is 5.02 Å². The van der Waals surface area contributed by atoms with Gasteiger partial charge in [0.15, 0.2) is 0 Å². The van der Waals surface area contributed by atoms with Gasteiger partial charge in [-0.1, -0.05) is 60.8 Å². The topological polar surface area (TPSA) is 109 Å². The summed E-state index contributed by atoms with van der Waals surface area (Å²) in [5.74, 6) is -3.22. The van der Waals surface area contributed by atoms with E-state index in [-0.39, 0.29) is 12.5 Å². The summed E-state index contributed by atoms with van der Waals surface area (Å²) < 4.78 is 0. The Bertz CT molecular complexity index is 1320. The van der Waals surface area contributed by atoms with E-state index in [1.165, 1.54) is 0 Å². The predicted molar refractivity (Wildman–Crippen MR) is 140 cm³/mol. The molecule has 3 aromatic rings. The van der Waals surface area contributed by atoms with Crippen LogP contribution < -0.4 is 5.48 Å². The largest absolute Gasteiger partial charge is 0.481 e. The third-order valence-electron chi connectivity index (χ3n) is 7.39. The van der Waals surface area contributed by atoms with Crippen LogP contribution in [0, 0.1) is 5.92 Å². The van der Waals surface area contributed by atoms with Crippen LogP contribution in [0.25, 0.3) is 0 Å². The van der Waals surface area contributed by atoms with E-state index in [1.807, 2.05) is 6.07 Å². The summed E-state index contributed by atoms with van der Waals surface area (Å²) >= 11 is 6.17. The van der Waals surface area contributed by atoms with Gasteiger partial charge >= 0.3 is 5.97 Å². The molecule has 1 fully saturated rings. The second kappa shape index (κ2) is 11.3. The Labute approximate surface area is 225 Å². The number of carboxylic acids is 1. The van der Waals surface area contributed by atoms with Gasteiger partial charge in [-0.15, -0.1) is 0 Å². The lowest BCUT2D eigenvalue weighted by atomic mass is 9.75. The first kappa shape index (κ1) is 25.9. The molecule has 2 N–H and O–H groups in total. The lowest BCUT2D eigenvalue weighted by Crippen LogP contribution is -2.55. The minimum Gasteiger partial charge on any atom is -0.481 e. The highest BCUT2D eigenvalue weighted by Gasteiger charge is 2.49. The Hall–Kier alpha value is -3.75. The van der Waals surface area contributed by atoms with Gasteiger partial charge in [0.05, 0.1) is 23.6 Å². The highest BCUT2D eigenvalue weighted by atomic mass is 35.5. The summed E-state index contributed by atoms with van der Waals surface area (Å²) in [5.41, 5.74) is 4.86. The summed E-state index contributed by atoms with van der Waals surface area (Å²) in [6, 6.07) is 18.1. The highest BCUT2D eigenvalue weighted by molar-refractivity contribution is 6.30. The first-order chi connectivity index (χ1) is 18.5. The molecule has 2 aromatic carbocycles. The van der Waals surface area contributed by atoms with Crippen LogP contribution in [0.1, 0.15) is 64.8 Å². The Kier molecular flexibility index (Phi) is 7.72. The van der Waals surface area contributed by atoms with Crippen molar-refractivity contribution in [3.63, 3.8) is 0 Å². The van der Waals surface area contributed by atoms with E-state index < -0.39 is 35.8 Å². The molecule has 0 spiro atoms. The maximum absolute atomic E-state index is 14.0. The molecule has 0 saturated heterocycles. The van der Waals surface area contributed by atoms with E-state index >= 15 is 0 Å². The van der Waals surface area contributed by atoms with Gasteiger partial charge in [-0.05, 0) is 54.3 Å². The van der Waals surface area contributed by atoms with Crippen LogP contribution in [-0.2, 0) is 21.0 Å². The summed E-state index contributed by atoms with van der Waals surface area (Å²) in [7, 11) is 0. The number of nitrogens with one attached hydrogen (secondary N) is 1. The van der Waals surface area contributed by atoms with Crippen molar-refractivity contribution in [2.45, 2.75) is 50.3 Å². The van der Waals surface area contributed by atoms with Crippen LogP contribution in [0.5, 0.6) is 0 Å². The average Bonchev–Trinajstić information content (AvgIpc) is 2.94. The SMILES string of the molecule is O=C(O)C1CCCCC1N1C(=O)c2ccccc2C(C(=O)NOCc2ccccn2)C1c1ccc(Cl)cc1. The Morgan fingerprint density at radius 2 is 1.76 bits per heavy atom. The Morgan fingerprint density at radius 3 is 2.50 bits per heavy atom. The van der Waals surface area contributed by atoms with Gasteiger partial charge in [0.25, 0.3) is 11.8 Å². The number of benzene rings is 2. The van der Waals surface area contributed by atoms with Gasteiger partial charge in [-0.3, -0.25) is 24.2 Å². The number of rotatable bonds is 7. The molecule has 8 nitrogen and oxygen atoms in total. The van der Waals surface area contributed by atoms with E-state index in [0.29, 0.717) is 40.2 Å². The second-order valence-corrected chi connectivity index (χ2v) is 10.1. The van der Waals surface area contributed by atoms with Gasteiger partial charge in [-0.25, -0.2) is 5.48 Å². The molecular weight excluding hydrogens is 506 g/mol. The molecule has 2 heterocycles. The Balaban J connectivity index is 1.57. The number of amides is 2. The standard InChI is InChI=1S/C29H28ClN3O5/c30-19-14-12-18(13-15-19)26-25(27(34)32-38-17-20-7-5-6-16-31-20)21-8-1-2-9-22(21)28(35)33(26)24-11-4-3-10-23(24)29(36)37/h1-2,5-9,12-16,23-26H,3-4,10-11,17H2,(H,32,34)(H,36,37). The van der Waals surface area contributed by atoms with E-state index in [1.54, 1.807) is 71.8 Å². The van der Waals surface area contributed by atoms with Crippen LogP contribution in [0.4, 0.5) is 0 Å². The van der Waals surface area contributed by atoms with E-state index in [0.717, 1.165) is 12.8 Å². The molecule has 0 radical (unpaired) electrons. The first-order valence-electron chi connectivity index (χ1n) is 12.7. The molecule has 38 heavy (non-hydrogen) atoms. The normalized spacial score (nSPS) is 23.0. The second-order valence-electron chi connectivity index (χ2n) is 9.65. The number of hydrogen-bond acceptors (Lipinski definition) is 5. The molecule has 0 bridgehead atoms.